The van der Waals surface area contributed by atoms with Crippen LogP contribution in [-0.2, 0) is 22.9 Å². The highest BCUT2D eigenvalue weighted by molar-refractivity contribution is 7.89. The van der Waals surface area contributed by atoms with Gasteiger partial charge in [0.05, 0.1) is 21.5 Å². The summed E-state index contributed by atoms with van der Waals surface area (Å²) in [4.78, 5) is 15.2. The van der Waals surface area contributed by atoms with Gasteiger partial charge in [0.25, 0.3) is 5.91 Å². The van der Waals surface area contributed by atoms with Crippen molar-refractivity contribution >= 4 is 27.5 Å². The van der Waals surface area contributed by atoms with Crippen molar-refractivity contribution in [3.8, 4) is 0 Å². The lowest BCUT2D eigenvalue weighted by atomic mass is 9.89. The van der Waals surface area contributed by atoms with Gasteiger partial charge in [-0.1, -0.05) is 29.8 Å². The van der Waals surface area contributed by atoms with Gasteiger partial charge in [0.1, 0.15) is 0 Å². The number of aryl methyl sites for hydroxylation is 2. The number of hydrogen-bond donors (Lipinski definition) is 1. The van der Waals surface area contributed by atoms with E-state index in [0.717, 1.165) is 18.4 Å². The van der Waals surface area contributed by atoms with Crippen molar-refractivity contribution in [3.05, 3.63) is 63.7 Å². The quantitative estimate of drug-likeness (QED) is 0.716. The van der Waals surface area contributed by atoms with Crippen LogP contribution in [-0.4, -0.2) is 56.8 Å². The van der Waals surface area contributed by atoms with Gasteiger partial charge in [-0.25, -0.2) is 8.42 Å². The fraction of sp³-hybridized carbons (Fsp3) is 0.458. The number of rotatable bonds is 5. The van der Waals surface area contributed by atoms with Gasteiger partial charge in [0.15, 0.2) is 0 Å². The maximum atomic E-state index is 13.1. The number of sulfonamides is 1. The Labute approximate surface area is 195 Å². The van der Waals surface area contributed by atoms with Crippen LogP contribution in [0.15, 0.2) is 41.3 Å². The molecule has 6 nitrogen and oxygen atoms in total. The number of likely N-dealkylation sites (N-methyl/N-ethyl adjacent to an activating group) is 1. The fourth-order valence-electron chi connectivity index (χ4n) is 4.40. The van der Waals surface area contributed by atoms with Crippen LogP contribution >= 0.6 is 11.6 Å². The second-order valence-corrected chi connectivity index (χ2v) is 11.1. The number of nitrogens with zero attached hydrogens (tertiary/aromatic N) is 2. The molecule has 1 aliphatic heterocycles. The smallest absolute Gasteiger partial charge is 0.253 e. The van der Waals surface area contributed by atoms with Crippen LogP contribution in [0.3, 0.4) is 0 Å². The standard InChI is InChI=1S/C24H30ClN3O3S/c1-17(19-8-7-18-5-3-4-6-20(18)15-19)26-24(29)22-16-21(9-10-23(22)25)32(30,31)28-13-11-27(2)12-14-28/h7-10,15-17H,3-6,11-14H2,1-2H3,(H,26,29)/t17-/m1/s1. The Kier molecular flexibility index (Phi) is 6.91. The van der Waals surface area contributed by atoms with Crippen molar-refractivity contribution < 1.29 is 13.2 Å². The van der Waals surface area contributed by atoms with Crippen molar-refractivity contribution in [1.82, 2.24) is 14.5 Å². The van der Waals surface area contributed by atoms with Gasteiger partial charge in [-0.05, 0) is 74.5 Å². The summed E-state index contributed by atoms with van der Waals surface area (Å²) in [6.45, 7) is 4.15. The van der Waals surface area contributed by atoms with E-state index >= 15 is 0 Å². The molecule has 0 bridgehead atoms. The Morgan fingerprint density at radius 3 is 2.41 bits per heavy atom. The number of fused-ring (bicyclic) bond motifs is 1. The minimum Gasteiger partial charge on any atom is -0.345 e. The van der Waals surface area contributed by atoms with Crippen LogP contribution in [0.4, 0.5) is 0 Å². The Hall–Kier alpha value is -1.93. The molecule has 0 radical (unpaired) electrons. The van der Waals surface area contributed by atoms with Gasteiger partial charge in [-0.15, -0.1) is 0 Å². The van der Waals surface area contributed by atoms with Gasteiger partial charge in [-0.2, -0.15) is 4.31 Å². The molecule has 32 heavy (non-hydrogen) atoms. The highest BCUT2D eigenvalue weighted by Crippen LogP contribution is 2.27. The molecule has 172 valence electrons. The van der Waals surface area contributed by atoms with E-state index in [0.29, 0.717) is 26.2 Å². The average molecular weight is 476 g/mol. The highest BCUT2D eigenvalue weighted by atomic mass is 35.5. The zero-order valence-electron chi connectivity index (χ0n) is 18.6. The monoisotopic (exact) mass is 475 g/mol. The molecule has 2 aliphatic rings. The van der Waals surface area contributed by atoms with Crippen LogP contribution < -0.4 is 5.32 Å². The maximum absolute atomic E-state index is 13.1. The number of nitrogens with one attached hydrogen (secondary N) is 1. The second-order valence-electron chi connectivity index (χ2n) is 8.78. The third-order valence-electron chi connectivity index (χ3n) is 6.50. The SMILES string of the molecule is C[C@@H](NC(=O)c1cc(S(=O)(=O)N2CCN(C)CC2)ccc1Cl)c1ccc2c(c1)CCCC2. The van der Waals surface area contributed by atoms with E-state index in [1.165, 1.54) is 46.5 Å². The molecule has 1 N–H and O–H groups in total. The average Bonchev–Trinajstić information content (AvgIpc) is 2.79. The van der Waals surface area contributed by atoms with E-state index in [-0.39, 0.29) is 27.4 Å². The van der Waals surface area contributed by atoms with E-state index in [1.807, 2.05) is 14.0 Å². The molecule has 2 aromatic carbocycles. The first-order valence-corrected chi connectivity index (χ1v) is 13.0. The number of carbonyl (C=O) groups excluding carboxylic acids is 1. The summed E-state index contributed by atoms with van der Waals surface area (Å²) in [6, 6.07) is 10.5. The maximum Gasteiger partial charge on any atom is 0.253 e. The van der Waals surface area contributed by atoms with E-state index in [2.05, 4.69) is 28.4 Å². The molecule has 0 spiro atoms. The number of benzene rings is 2. The van der Waals surface area contributed by atoms with Crippen molar-refractivity contribution in [2.45, 2.75) is 43.5 Å². The normalized spacial score (nSPS) is 18.7. The molecule has 0 aromatic heterocycles. The first-order chi connectivity index (χ1) is 15.3. The summed E-state index contributed by atoms with van der Waals surface area (Å²) in [5.74, 6) is -0.379. The number of hydrogen-bond acceptors (Lipinski definition) is 4. The Morgan fingerprint density at radius 1 is 1.00 bits per heavy atom. The number of piperazine rings is 1. The van der Waals surface area contributed by atoms with Gasteiger partial charge in [-0.3, -0.25) is 4.79 Å². The Morgan fingerprint density at radius 2 is 1.69 bits per heavy atom. The molecule has 1 amide bonds. The molecule has 1 fully saturated rings. The zero-order valence-corrected chi connectivity index (χ0v) is 20.2. The van der Waals surface area contributed by atoms with E-state index in [9.17, 15) is 13.2 Å². The zero-order chi connectivity index (χ0) is 22.9. The predicted octanol–water partition coefficient (Wildman–Crippen LogP) is 3.65. The predicted molar refractivity (Wildman–Crippen MR) is 127 cm³/mol. The lowest BCUT2D eigenvalue weighted by molar-refractivity contribution is 0.0940. The molecule has 2 aromatic rings. The molecule has 0 unspecified atom stereocenters. The van der Waals surface area contributed by atoms with Gasteiger partial charge in [0.2, 0.25) is 10.0 Å². The molecule has 1 heterocycles. The van der Waals surface area contributed by atoms with Crippen molar-refractivity contribution in [2.75, 3.05) is 33.2 Å². The van der Waals surface area contributed by atoms with Crippen LogP contribution in [0.1, 0.15) is 52.9 Å². The van der Waals surface area contributed by atoms with Crippen LogP contribution in [0, 0.1) is 0 Å². The first-order valence-electron chi connectivity index (χ1n) is 11.2. The Bertz CT molecular complexity index is 1110. The Balaban J connectivity index is 1.52. The van der Waals surface area contributed by atoms with E-state index < -0.39 is 10.0 Å². The van der Waals surface area contributed by atoms with Gasteiger partial charge >= 0.3 is 0 Å². The summed E-state index contributed by atoms with van der Waals surface area (Å²) in [6.07, 6.45) is 4.61. The first kappa shape index (κ1) is 23.2. The number of amides is 1. The lowest BCUT2D eigenvalue weighted by Gasteiger charge is -2.31. The van der Waals surface area contributed by atoms with Crippen molar-refractivity contribution in [3.63, 3.8) is 0 Å². The lowest BCUT2D eigenvalue weighted by Crippen LogP contribution is -2.47. The van der Waals surface area contributed by atoms with Crippen LogP contribution in [0.2, 0.25) is 5.02 Å². The summed E-state index contributed by atoms with van der Waals surface area (Å²) in [5, 5.41) is 3.22. The summed E-state index contributed by atoms with van der Waals surface area (Å²) < 4.78 is 27.7. The van der Waals surface area contributed by atoms with Gasteiger partial charge in [0, 0.05) is 26.2 Å². The van der Waals surface area contributed by atoms with Crippen molar-refractivity contribution in [2.24, 2.45) is 0 Å². The molecule has 1 aliphatic carbocycles. The van der Waals surface area contributed by atoms with E-state index in [1.54, 1.807) is 0 Å². The third kappa shape index (κ3) is 4.86. The summed E-state index contributed by atoms with van der Waals surface area (Å²) in [5.41, 5.74) is 3.96. The molecule has 0 saturated carbocycles. The van der Waals surface area contributed by atoms with Crippen molar-refractivity contribution in [1.29, 1.82) is 0 Å². The van der Waals surface area contributed by atoms with Crippen LogP contribution in [0.25, 0.3) is 0 Å². The fourth-order valence-corrected chi connectivity index (χ4v) is 6.05. The topological polar surface area (TPSA) is 69.7 Å². The molecule has 1 atom stereocenters. The number of carbonyl (C=O) groups is 1. The minimum atomic E-state index is -3.68. The van der Waals surface area contributed by atoms with Gasteiger partial charge < -0.3 is 10.2 Å². The minimum absolute atomic E-state index is 0.0954. The van der Waals surface area contributed by atoms with E-state index in [4.69, 9.17) is 11.6 Å². The second kappa shape index (κ2) is 9.51. The molecular formula is C24H30ClN3O3S. The number of halogens is 1. The highest BCUT2D eigenvalue weighted by Gasteiger charge is 2.29. The molecular weight excluding hydrogens is 446 g/mol. The largest absolute Gasteiger partial charge is 0.345 e. The summed E-state index contributed by atoms with van der Waals surface area (Å²) >= 11 is 6.29. The molecule has 8 heteroatoms. The van der Waals surface area contributed by atoms with Crippen LogP contribution in [0.5, 0.6) is 0 Å². The molecule has 4 rings (SSSR count). The molecule has 1 saturated heterocycles. The summed E-state index contributed by atoms with van der Waals surface area (Å²) in [7, 11) is -1.71. The third-order valence-corrected chi connectivity index (χ3v) is 8.73.